The second kappa shape index (κ2) is 6.26. The summed E-state index contributed by atoms with van der Waals surface area (Å²) in [7, 11) is 1.35. The van der Waals surface area contributed by atoms with E-state index in [2.05, 4.69) is 21.0 Å². The molecule has 1 amide bonds. The van der Waals surface area contributed by atoms with Crippen molar-refractivity contribution in [1.29, 1.82) is 5.26 Å². The Morgan fingerprint density at radius 1 is 1.65 bits per heavy atom. The van der Waals surface area contributed by atoms with Gasteiger partial charge in [-0.1, -0.05) is 6.07 Å². The van der Waals surface area contributed by atoms with Gasteiger partial charge in [0.15, 0.2) is 0 Å². The topological polar surface area (TPSA) is 91.4 Å². The molecule has 0 radical (unpaired) electrons. The third-order valence-corrected chi connectivity index (χ3v) is 3.45. The number of nitrogens with zero attached hydrogens (tertiary/aromatic N) is 2. The number of rotatable bonds is 3. The number of amides is 1. The Balaban J connectivity index is 2.10. The van der Waals surface area contributed by atoms with Gasteiger partial charge in [-0.25, -0.2) is 4.79 Å². The summed E-state index contributed by atoms with van der Waals surface area (Å²) in [6.45, 7) is 1.89. The predicted octanol–water partition coefficient (Wildman–Crippen LogP) is 0.952. The highest BCUT2D eigenvalue weighted by atomic mass is 16.5. The molecule has 106 valence electrons. The summed E-state index contributed by atoms with van der Waals surface area (Å²) in [5.41, 5.74) is 8.03. The molecule has 6 nitrogen and oxygen atoms in total. The maximum Gasteiger partial charge on any atom is 0.407 e. The standard InChI is InChI=1S/C14H18N4O2/c1-20-14(19)17-12-4-5-18(9-12)13-3-2-10(7-15)6-11(13)8-16/h2-3,6,12H,4-5,7,9,15H2,1H3,(H,17,19). The Labute approximate surface area is 118 Å². The van der Waals surface area contributed by atoms with Crippen LogP contribution in [0.2, 0.25) is 0 Å². The number of carbonyl (C=O) groups excluding carboxylic acids is 1. The van der Waals surface area contributed by atoms with E-state index in [1.165, 1.54) is 7.11 Å². The lowest BCUT2D eigenvalue weighted by Crippen LogP contribution is -2.37. The number of nitriles is 1. The number of nitrogens with one attached hydrogen (secondary N) is 1. The van der Waals surface area contributed by atoms with Crippen LogP contribution in [0, 0.1) is 11.3 Å². The van der Waals surface area contributed by atoms with Crippen LogP contribution in [-0.2, 0) is 11.3 Å². The highest BCUT2D eigenvalue weighted by Crippen LogP contribution is 2.25. The fraction of sp³-hybridized carbons (Fsp3) is 0.429. The van der Waals surface area contributed by atoms with Crippen molar-refractivity contribution in [2.75, 3.05) is 25.1 Å². The second-order valence-electron chi connectivity index (χ2n) is 4.73. The highest BCUT2D eigenvalue weighted by Gasteiger charge is 2.25. The van der Waals surface area contributed by atoms with Crippen molar-refractivity contribution < 1.29 is 9.53 Å². The van der Waals surface area contributed by atoms with Gasteiger partial charge in [-0.05, 0) is 24.1 Å². The number of ether oxygens (including phenoxy) is 1. The number of hydrogen-bond donors (Lipinski definition) is 2. The van der Waals surface area contributed by atoms with E-state index in [0.717, 1.165) is 24.2 Å². The van der Waals surface area contributed by atoms with E-state index >= 15 is 0 Å². The van der Waals surface area contributed by atoms with E-state index < -0.39 is 6.09 Å². The zero-order valence-corrected chi connectivity index (χ0v) is 11.4. The molecule has 0 bridgehead atoms. The normalized spacial score (nSPS) is 17.6. The van der Waals surface area contributed by atoms with Gasteiger partial charge in [-0.3, -0.25) is 0 Å². The molecular formula is C14H18N4O2. The molecule has 3 N–H and O–H groups in total. The molecule has 6 heteroatoms. The lowest BCUT2D eigenvalue weighted by atomic mass is 10.1. The van der Waals surface area contributed by atoms with Gasteiger partial charge in [-0.2, -0.15) is 5.26 Å². The molecule has 1 atom stereocenters. The second-order valence-corrected chi connectivity index (χ2v) is 4.73. The van der Waals surface area contributed by atoms with Crippen LogP contribution in [0.3, 0.4) is 0 Å². The molecule has 1 fully saturated rings. The Kier molecular flexibility index (Phi) is 4.43. The number of nitrogens with two attached hydrogens (primary N) is 1. The molecule has 1 saturated heterocycles. The maximum absolute atomic E-state index is 11.2. The summed E-state index contributed by atoms with van der Waals surface area (Å²) in [4.78, 5) is 13.3. The monoisotopic (exact) mass is 274 g/mol. The van der Waals surface area contributed by atoms with Gasteiger partial charge in [0, 0.05) is 19.6 Å². The zero-order chi connectivity index (χ0) is 14.5. The minimum absolute atomic E-state index is 0.0446. The third kappa shape index (κ3) is 3.00. The molecule has 0 aliphatic carbocycles. The summed E-state index contributed by atoms with van der Waals surface area (Å²) in [5.74, 6) is 0. The summed E-state index contributed by atoms with van der Waals surface area (Å²) in [6.07, 6.45) is 0.411. The lowest BCUT2D eigenvalue weighted by molar-refractivity contribution is 0.167. The molecule has 1 aliphatic heterocycles. The van der Waals surface area contributed by atoms with Gasteiger partial charge in [0.2, 0.25) is 0 Å². The smallest absolute Gasteiger partial charge is 0.407 e. The van der Waals surface area contributed by atoms with E-state index in [-0.39, 0.29) is 6.04 Å². The van der Waals surface area contributed by atoms with Gasteiger partial charge in [0.05, 0.1) is 24.4 Å². The Bertz CT molecular complexity index is 538. The quantitative estimate of drug-likeness (QED) is 0.856. The number of hydrogen-bond acceptors (Lipinski definition) is 5. The zero-order valence-electron chi connectivity index (χ0n) is 11.4. The number of benzene rings is 1. The van der Waals surface area contributed by atoms with Crippen LogP contribution in [0.1, 0.15) is 17.5 Å². The Morgan fingerprint density at radius 2 is 2.45 bits per heavy atom. The van der Waals surface area contributed by atoms with Crippen LogP contribution in [0.15, 0.2) is 18.2 Å². The van der Waals surface area contributed by atoms with E-state index in [1.807, 2.05) is 18.2 Å². The molecule has 20 heavy (non-hydrogen) atoms. The predicted molar refractivity (Wildman–Crippen MR) is 75.2 cm³/mol. The van der Waals surface area contributed by atoms with Crippen molar-refractivity contribution in [2.24, 2.45) is 5.73 Å². The molecule has 0 spiro atoms. The van der Waals surface area contributed by atoms with E-state index in [4.69, 9.17) is 5.73 Å². The molecular weight excluding hydrogens is 256 g/mol. The highest BCUT2D eigenvalue weighted by molar-refractivity contribution is 5.68. The van der Waals surface area contributed by atoms with E-state index in [0.29, 0.717) is 18.7 Å². The van der Waals surface area contributed by atoms with Crippen LogP contribution in [-0.4, -0.2) is 32.3 Å². The van der Waals surface area contributed by atoms with Crippen LogP contribution in [0.25, 0.3) is 0 Å². The van der Waals surface area contributed by atoms with Crippen LogP contribution < -0.4 is 16.0 Å². The third-order valence-electron chi connectivity index (χ3n) is 3.45. The Hall–Kier alpha value is -2.26. The van der Waals surface area contributed by atoms with Crippen molar-refractivity contribution in [2.45, 2.75) is 19.0 Å². The van der Waals surface area contributed by atoms with E-state index in [1.54, 1.807) is 0 Å². The molecule has 2 rings (SSSR count). The molecule has 1 aliphatic rings. The number of methoxy groups -OCH3 is 1. The summed E-state index contributed by atoms with van der Waals surface area (Å²) in [6, 6.07) is 7.91. The SMILES string of the molecule is COC(=O)NC1CCN(c2ccc(CN)cc2C#N)C1. The summed E-state index contributed by atoms with van der Waals surface area (Å²) >= 11 is 0. The van der Waals surface area contributed by atoms with Crippen molar-refractivity contribution in [1.82, 2.24) is 5.32 Å². The molecule has 0 saturated carbocycles. The number of carbonyl (C=O) groups is 1. The fourth-order valence-electron chi connectivity index (χ4n) is 2.40. The van der Waals surface area contributed by atoms with E-state index in [9.17, 15) is 10.1 Å². The van der Waals surface area contributed by atoms with Crippen molar-refractivity contribution in [3.8, 4) is 6.07 Å². The van der Waals surface area contributed by atoms with Crippen molar-refractivity contribution >= 4 is 11.8 Å². The van der Waals surface area contributed by atoms with Crippen LogP contribution in [0.4, 0.5) is 10.5 Å². The Morgan fingerprint density at radius 3 is 3.10 bits per heavy atom. The fourth-order valence-corrected chi connectivity index (χ4v) is 2.40. The van der Waals surface area contributed by atoms with Crippen molar-refractivity contribution in [3.05, 3.63) is 29.3 Å². The summed E-state index contributed by atoms with van der Waals surface area (Å²) < 4.78 is 4.59. The summed E-state index contributed by atoms with van der Waals surface area (Å²) in [5, 5.41) is 12.0. The maximum atomic E-state index is 11.2. The molecule has 0 aromatic heterocycles. The van der Waals surface area contributed by atoms with Gasteiger partial charge in [-0.15, -0.1) is 0 Å². The largest absolute Gasteiger partial charge is 0.453 e. The van der Waals surface area contributed by atoms with Gasteiger partial charge < -0.3 is 20.7 Å². The molecule has 1 aromatic rings. The molecule has 1 aromatic carbocycles. The molecule has 1 unspecified atom stereocenters. The lowest BCUT2D eigenvalue weighted by Gasteiger charge is -2.20. The minimum atomic E-state index is -0.421. The van der Waals surface area contributed by atoms with Gasteiger partial charge in [0.1, 0.15) is 6.07 Å². The number of anilines is 1. The average molecular weight is 274 g/mol. The van der Waals surface area contributed by atoms with Crippen molar-refractivity contribution in [3.63, 3.8) is 0 Å². The minimum Gasteiger partial charge on any atom is -0.453 e. The van der Waals surface area contributed by atoms with Crippen LogP contribution >= 0.6 is 0 Å². The first-order chi connectivity index (χ1) is 9.67. The molecule has 1 heterocycles. The first kappa shape index (κ1) is 14.2. The first-order valence-corrected chi connectivity index (χ1v) is 6.50. The average Bonchev–Trinajstić information content (AvgIpc) is 2.94. The number of alkyl carbamates (subject to hydrolysis) is 1. The van der Waals surface area contributed by atoms with Crippen LogP contribution in [0.5, 0.6) is 0 Å². The van der Waals surface area contributed by atoms with Gasteiger partial charge >= 0.3 is 6.09 Å². The first-order valence-electron chi connectivity index (χ1n) is 6.50. The van der Waals surface area contributed by atoms with Gasteiger partial charge in [0.25, 0.3) is 0 Å².